The van der Waals surface area contributed by atoms with Crippen LogP contribution in [0.25, 0.3) is 17.0 Å². The number of carbonyl (C=O) groups is 2. The highest BCUT2D eigenvalue weighted by atomic mass is 35.5. The molecule has 9 heteroatoms. The van der Waals surface area contributed by atoms with Crippen LogP contribution in [0.1, 0.15) is 37.6 Å². The summed E-state index contributed by atoms with van der Waals surface area (Å²) in [4.78, 5) is 41.7. The predicted octanol–water partition coefficient (Wildman–Crippen LogP) is 3.78. The highest BCUT2D eigenvalue weighted by Gasteiger charge is 2.48. The van der Waals surface area contributed by atoms with E-state index in [9.17, 15) is 14.4 Å². The van der Waals surface area contributed by atoms with Crippen LogP contribution in [0.5, 0.6) is 0 Å². The van der Waals surface area contributed by atoms with Gasteiger partial charge in [-0.15, -0.1) is 0 Å². The summed E-state index contributed by atoms with van der Waals surface area (Å²) >= 11 is 12.2. The maximum Gasteiger partial charge on any atom is 0.327 e. The molecule has 1 aliphatic rings. The van der Waals surface area contributed by atoms with E-state index in [0.717, 1.165) is 5.56 Å². The van der Waals surface area contributed by atoms with E-state index < -0.39 is 17.4 Å². The Kier molecular flexibility index (Phi) is 6.03. The molecule has 0 saturated carbocycles. The second-order valence-corrected chi connectivity index (χ2v) is 8.96. The lowest BCUT2D eigenvalue weighted by Crippen LogP contribution is -2.42. The molecule has 1 aliphatic heterocycles. The van der Waals surface area contributed by atoms with Crippen LogP contribution < -0.4 is 10.1 Å². The second-order valence-electron chi connectivity index (χ2n) is 8.14. The Balaban J connectivity index is 2.03. The van der Waals surface area contributed by atoms with Gasteiger partial charge in [-0.05, 0) is 51.5 Å². The molecule has 1 N–H and O–H groups in total. The van der Waals surface area contributed by atoms with Crippen LogP contribution in [-0.4, -0.2) is 32.5 Å². The maximum atomic E-state index is 13.6. The van der Waals surface area contributed by atoms with Gasteiger partial charge in [0.05, 0.1) is 21.3 Å². The van der Waals surface area contributed by atoms with Gasteiger partial charge >= 0.3 is 5.91 Å². The summed E-state index contributed by atoms with van der Waals surface area (Å²) in [5, 5.41) is 3.74. The summed E-state index contributed by atoms with van der Waals surface area (Å²) in [6.07, 6.45) is 3.91. The van der Waals surface area contributed by atoms with E-state index in [1.807, 2.05) is 19.9 Å². The van der Waals surface area contributed by atoms with E-state index in [1.54, 1.807) is 55.1 Å². The Labute approximate surface area is 200 Å². The van der Waals surface area contributed by atoms with Gasteiger partial charge in [0.15, 0.2) is 12.4 Å². The molecule has 0 atom stereocenters. The Morgan fingerprint density at radius 3 is 2.39 bits per heavy atom. The van der Waals surface area contributed by atoms with E-state index in [4.69, 9.17) is 23.2 Å². The van der Waals surface area contributed by atoms with Gasteiger partial charge in [-0.1, -0.05) is 30.1 Å². The van der Waals surface area contributed by atoms with Crippen molar-refractivity contribution in [3.63, 3.8) is 0 Å². The molecule has 2 aromatic heterocycles. The molecular weight excluding hydrogens is 463 g/mol. The van der Waals surface area contributed by atoms with Gasteiger partial charge in [-0.25, -0.2) is 4.68 Å². The molecule has 0 aliphatic carbocycles. The fraction of sp³-hybridized carbons (Fsp3) is 0.250. The molecule has 2 amide bonds. The normalized spacial score (nSPS) is 14.2. The minimum Gasteiger partial charge on any atom is -0.294 e. The molecule has 0 bridgehead atoms. The number of imide groups is 1. The number of hydrogen-bond acceptors (Lipinski definition) is 3. The van der Waals surface area contributed by atoms with Gasteiger partial charge in [-0.2, -0.15) is 4.57 Å². The summed E-state index contributed by atoms with van der Waals surface area (Å²) < 4.78 is 2.93. The van der Waals surface area contributed by atoms with E-state index >= 15 is 0 Å². The van der Waals surface area contributed by atoms with Crippen molar-refractivity contribution in [2.24, 2.45) is 0 Å². The zero-order valence-corrected chi connectivity index (χ0v) is 20.2. The lowest BCUT2D eigenvalue weighted by molar-refractivity contribution is -0.577. The lowest BCUT2D eigenvalue weighted by atomic mass is 10.0. The molecule has 33 heavy (non-hydrogen) atoms. The SMILES string of the molecule is CCc1[nH]n(-c2ccc(Cl)c(Cl)c2)c(=O)c1C1=C([n+]2cccc(C)c2)C(=O)N(C(C)C)C1=O. The molecule has 0 spiro atoms. The molecule has 0 unspecified atom stereocenters. The first-order valence-corrected chi connectivity index (χ1v) is 11.3. The van der Waals surface area contributed by atoms with Crippen LogP contribution in [0.2, 0.25) is 10.0 Å². The van der Waals surface area contributed by atoms with Gasteiger partial charge < -0.3 is 0 Å². The minimum absolute atomic E-state index is 0.0845. The Bertz CT molecular complexity index is 1380. The summed E-state index contributed by atoms with van der Waals surface area (Å²) in [7, 11) is 0. The van der Waals surface area contributed by atoms with Crippen LogP contribution in [0.3, 0.4) is 0 Å². The quantitative estimate of drug-likeness (QED) is 0.441. The molecule has 0 saturated heterocycles. The number of halogens is 2. The number of aromatic nitrogens is 3. The van der Waals surface area contributed by atoms with Gasteiger partial charge in [0.1, 0.15) is 5.57 Å². The third kappa shape index (κ3) is 3.81. The van der Waals surface area contributed by atoms with Gasteiger partial charge in [0.2, 0.25) is 0 Å². The number of nitrogens with one attached hydrogen (secondary N) is 1. The van der Waals surface area contributed by atoms with E-state index in [2.05, 4.69) is 5.10 Å². The van der Waals surface area contributed by atoms with Crippen molar-refractivity contribution in [3.8, 4) is 5.69 Å². The molecule has 170 valence electrons. The standard InChI is InChI=1S/C24H22Cl2N4O3/c1-5-18-19(23(32)30(27-18)15-8-9-16(25)17(26)11-15)20-21(28-10-6-7-14(4)12-28)24(33)29(13(2)3)22(20)31/h6-13H,5H2,1-4H3/p+1. The zero-order chi connectivity index (χ0) is 24.0. The topological polar surface area (TPSA) is 79.1 Å². The van der Waals surface area contributed by atoms with Crippen LogP contribution in [0.4, 0.5) is 0 Å². The number of carbonyl (C=O) groups excluding carboxylic acids is 2. The fourth-order valence-electron chi connectivity index (χ4n) is 4.00. The molecule has 3 aromatic rings. The van der Waals surface area contributed by atoms with Crippen molar-refractivity contribution < 1.29 is 14.2 Å². The number of hydrogen-bond donors (Lipinski definition) is 1. The van der Waals surface area contributed by atoms with E-state index in [0.29, 0.717) is 27.8 Å². The number of H-pyrrole nitrogens is 1. The summed E-state index contributed by atoms with van der Waals surface area (Å²) in [6.45, 7) is 7.30. The number of benzene rings is 1. The van der Waals surface area contributed by atoms with E-state index in [-0.39, 0.29) is 22.9 Å². The lowest BCUT2D eigenvalue weighted by Gasteiger charge is -2.17. The van der Waals surface area contributed by atoms with Gasteiger partial charge in [0, 0.05) is 23.4 Å². The summed E-state index contributed by atoms with van der Waals surface area (Å²) in [5.41, 5.74) is 1.89. The van der Waals surface area contributed by atoms with Crippen molar-refractivity contribution in [2.75, 3.05) is 0 Å². The number of aryl methyl sites for hydroxylation is 2. The first kappa shape index (κ1) is 23.0. The van der Waals surface area contributed by atoms with Crippen molar-refractivity contribution in [2.45, 2.75) is 40.2 Å². The Hall–Kier alpha value is -3.16. The highest BCUT2D eigenvalue weighted by Crippen LogP contribution is 2.32. The molecule has 1 aromatic carbocycles. The Morgan fingerprint density at radius 1 is 1.06 bits per heavy atom. The maximum absolute atomic E-state index is 13.6. The molecule has 0 fully saturated rings. The number of amides is 2. The summed E-state index contributed by atoms with van der Waals surface area (Å²) in [6, 6.07) is 8.13. The van der Waals surface area contributed by atoms with Crippen LogP contribution in [0, 0.1) is 6.92 Å². The smallest absolute Gasteiger partial charge is 0.294 e. The Morgan fingerprint density at radius 2 is 1.79 bits per heavy atom. The van der Waals surface area contributed by atoms with E-state index in [1.165, 1.54) is 9.58 Å². The average Bonchev–Trinajstić information content (AvgIpc) is 3.22. The summed E-state index contributed by atoms with van der Waals surface area (Å²) in [5.74, 6) is -0.935. The molecule has 4 rings (SSSR count). The van der Waals surface area contributed by atoms with Crippen LogP contribution in [0.15, 0.2) is 47.5 Å². The number of nitrogens with zero attached hydrogens (tertiary/aromatic N) is 3. The molecule has 0 radical (unpaired) electrons. The third-order valence-electron chi connectivity index (χ3n) is 5.54. The minimum atomic E-state index is -0.494. The van der Waals surface area contributed by atoms with Crippen molar-refractivity contribution in [3.05, 3.63) is 79.9 Å². The van der Waals surface area contributed by atoms with Crippen molar-refractivity contribution >= 4 is 46.3 Å². The predicted molar refractivity (Wildman–Crippen MR) is 127 cm³/mol. The zero-order valence-electron chi connectivity index (χ0n) is 18.6. The fourth-order valence-corrected chi connectivity index (χ4v) is 4.30. The highest BCUT2D eigenvalue weighted by molar-refractivity contribution is 6.44. The second kappa shape index (κ2) is 8.65. The van der Waals surface area contributed by atoms with Crippen LogP contribution in [-0.2, 0) is 16.0 Å². The van der Waals surface area contributed by atoms with Crippen molar-refractivity contribution in [1.29, 1.82) is 0 Å². The third-order valence-corrected chi connectivity index (χ3v) is 6.28. The van der Waals surface area contributed by atoms with Gasteiger partial charge in [0.25, 0.3) is 17.2 Å². The number of rotatable bonds is 5. The molecule has 3 heterocycles. The van der Waals surface area contributed by atoms with Crippen molar-refractivity contribution in [1.82, 2.24) is 14.7 Å². The molecular formula is C24H23Cl2N4O3+. The largest absolute Gasteiger partial charge is 0.327 e. The first-order valence-electron chi connectivity index (χ1n) is 10.6. The average molecular weight is 486 g/mol. The van der Waals surface area contributed by atoms with Gasteiger partial charge in [-0.3, -0.25) is 24.4 Å². The number of aromatic amines is 1. The number of pyridine rings is 1. The monoisotopic (exact) mass is 485 g/mol. The first-order chi connectivity index (χ1) is 15.6. The molecule has 7 nitrogen and oxygen atoms in total. The van der Waals surface area contributed by atoms with Crippen LogP contribution >= 0.6 is 23.2 Å².